The molecule has 1 aromatic carbocycles. The summed E-state index contributed by atoms with van der Waals surface area (Å²) in [5.74, 6) is 0. The Labute approximate surface area is 93.5 Å². The number of carbonyl (C=O) groups excluding carboxylic acids is 1. The predicted molar refractivity (Wildman–Crippen MR) is 58.0 cm³/mol. The number of aldehydes is 1. The smallest absolute Gasteiger partial charge is 0.408 e. The molecular formula is C12H13NO3. The molecule has 0 spiro atoms. The lowest BCUT2D eigenvalue weighted by Gasteiger charge is -2.25. The van der Waals surface area contributed by atoms with Gasteiger partial charge in [0.25, 0.3) is 0 Å². The summed E-state index contributed by atoms with van der Waals surface area (Å²) in [4.78, 5) is 23.3. The maximum atomic E-state index is 11.1. The third-order valence-electron chi connectivity index (χ3n) is 2.93. The second kappa shape index (κ2) is 3.96. The topological polar surface area (TPSA) is 57.6 Å². The molecule has 16 heavy (non-hydrogen) atoms. The van der Waals surface area contributed by atoms with E-state index in [9.17, 15) is 9.59 Å². The Morgan fingerprint density at radius 3 is 2.44 bits per heavy atom. The number of carboxylic acid groups (broad SMARTS) is 1. The summed E-state index contributed by atoms with van der Waals surface area (Å²) >= 11 is 0. The lowest BCUT2D eigenvalue weighted by molar-refractivity contribution is -0.113. The zero-order valence-corrected chi connectivity index (χ0v) is 8.80. The van der Waals surface area contributed by atoms with Crippen LogP contribution in [0.4, 0.5) is 4.79 Å². The Bertz CT molecular complexity index is 398. The molecule has 0 saturated heterocycles. The fraction of sp³-hybridized carbons (Fsp3) is 0.333. The Hall–Kier alpha value is -1.84. The van der Waals surface area contributed by atoms with E-state index in [1.165, 1.54) is 4.90 Å². The fourth-order valence-corrected chi connectivity index (χ4v) is 1.76. The lowest BCUT2D eigenvalue weighted by Crippen LogP contribution is -2.41. The van der Waals surface area contributed by atoms with Crippen molar-refractivity contribution >= 4 is 12.4 Å². The van der Waals surface area contributed by atoms with Crippen LogP contribution in [0, 0.1) is 0 Å². The number of amides is 1. The van der Waals surface area contributed by atoms with Crippen molar-refractivity contribution in [1.29, 1.82) is 0 Å². The maximum Gasteiger partial charge on any atom is 0.408 e. The average molecular weight is 219 g/mol. The minimum absolute atomic E-state index is 0.273. The molecule has 1 saturated carbocycles. The summed E-state index contributed by atoms with van der Waals surface area (Å²) in [5, 5.41) is 9.11. The molecule has 2 rings (SSSR count). The van der Waals surface area contributed by atoms with Crippen molar-refractivity contribution in [3.63, 3.8) is 0 Å². The minimum atomic E-state index is -1.03. The first-order valence-electron chi connectivity index (χ1n) is 5.19. The first-order chi connectivity index (χ1) is 7.68. The van der Waals surface area contributed by atoms with E-state index < -0.39 is 11.6 Å². The molecule has 0 unspecified atom stereocenters. The second-order valence-corrected chi connectivity index (χ2v) is 4.08. The second-order valence-electron chi connectivity index (χ2n) is 4.08. The Morgan fingerprint density at radius 2 is 2.00 bits per heavy atom. The summed E-state index contributed by atoms with van der Waals surface area (Å²) in [5.41, 5.74) is 0.139. The van der Waals surface area contributed by atoms with E-state index in [1.807, 2.05) is 30.3 Å². The molecule has 0 radical (unpaired) electrons. The van der Waals surface area contributed by atoms with Gasteiger partial charge in [0.15, 0.2) is 0 Å². The zero-order valence-electron chi connectivity index (χ0n) is 8.80. The summed E-state index contributed by atoms with van der Waals surface area (Å²) < 4.78 is 0. The van der Waals surface area contributed by atoms with Crippen LogP contribution < -0.4 is 0 Å². The van der Waals surface area contributed by atoms with Gasteiger partial charge in [-0.15, -0.1) is 0 Å². The third-order valence-corrected chi connectivity index (χ3v) is 2.93. The monoisotopic (exact) mass is 219 g/mol. The Kier molecular flexibility index (Phi) is 2.64. The molecule has 4 heteroatoms. The van der Waals surface area contributed by atoms with Crippen LogP contribution in [0.5, 0.6) is 0 Å². The van der Waals surface area contributed by atoms with E-state index in [4.69, 9.17) is 5.11 Å². The zero-order chi connectivity index (χ0) is 11.6. The van der Waals surface area contributed by atoms with E-state index in [0.717, 1.165) is 11.8 Å². The van der Waals surface area contributed by atoms with Crippen LogP contribution in [0.1, 0.15) is 18.4 Å². The van der Waals surface area contributed by atoms with Gasteiger partial charge in [-0.25, -0.2) is 4.79 Å². The fourth-order valence-electron chi connectivity index (χ4n) is 1.76. The molecule has 0 aromatic heterocycles. The number of hydrogen-bond donors (Lipinski definition) is 1. The van der Waals surface area contributed by atoms with Gasteiger partial charge in [0.1, 0.15) is 11.8 Å². The molecule has 0 bridgehead atoms. The highest BCUT2D eigenvalue weighted by Gasteiger charge is 2.50. The first-order valence-corrected chi connectivity index (χ1v) is 5.19. The van der Waals surface area contributed by atoms with Crippen LogP contribution in [0.25, 0.3) is 0 Å². The summed E-state index contributed by atoms with van der Waals surface area (Å²) in [6, 6.07) is 9.31. The van der Waals surface area contributed by atoms with Crippen molar-refractivity contribution in [2.45, 2.75) is 24.9 Å². The number of benzene rings is 1. The number of rotatable bonds is 4. The van der Waals surface area contributed by atoms with Crippen molar-refractivity contribution in [3.8, 4) is 0 Å². The van der Waals surface area contributed by atoms with E-state index in [1.54, 1.807) is 0 Å². The molecule has 84 valence electrons. The molecule has 0 atom stereocenters. The Morgan fingerprint density at radius 1 is 1.38 bits per heavy atom. The first kappa shape index (κ1) is 10.7. The molecule has 1 aromatic rings. The molecule has 1 amide bonds. The van der Waals surface area contributed by atoms with Gasteiger partial charge in [-0.2, -0.15) is 0 Å². The average Bonchev–Trinajstić information content (AvgIpc) is 3.08. The van der Waals surface area contributed by atoms with E-state index in [-0.39, 0.29) is 6.54 Å². The predicted octanol–water partition coefficient (Wildman–Crippen LogP) is 1.90. The van der Waals surface area contributed by atoms with Gasteiger partial charge in [-0.1, -0.05) is 30.3 Å². The van der Waals surface area contributed by atoms with Crippen LogP contribution >= 0.6 is 0 Å². The molecule has 4 nitrogen and oxygen atoms in total. The van der Waals surface area contributed by atoms with Crippen molar-refractivity contribution in [2.75, 3.05) is 0 Å². The Balaban J connectivity index is 2.16. The van der Waals surface area contributed by atoms with Crippen LogP contribution in [-0.2, 0) is 11.3 Å². The van der Waals surface area contributed by atoms with Gasteiger partial charge >= 0.3 is 6.09 Å². The highest BCUT2D eigenvalue weighted by molar-refractivity contribution is 5.78. The number of carbonyl (C=O) groups is 2. The quantitative estimate of drug-likeness (QED) is 0.787. The number of nitrogens with zero attached hydrogens (tertiary/aromatic N) is 1. The molecule has 1 N–H and O–H groups in total. The molecule has 1 fully saturated rings. The van der Waals surface area contributed by atoms with Gasteiger partial charge in [0.2, 0.25) is 0 Å². The van der Waals surface area contributed by atoms with Crippen LogP contribution in [-0.4, -0.2) is 27.9 Å². The largest absolute Gasteiger partial charge is 0.465 e. The SMILES string of the molecule is O=CC1(N(Cc2ccccc2)C(=O)O)CC1. The lowest BCUT2D eigenvalue weighted by atomic mass is 10.2. The van der Waals surface area contributed by atoms with Gasteiger partial charge < -0.3 is 9.90 Å². The molecule has 1 aliphatic carbocycles. The van der Waals surface area contributed by atoms with Gasteiger partial charge in [0.05, 0.1) is 6.54 Å². The highest BCUT2D eigenvalue weighted by Crippen LogP contribution is 2.40. The standard InChI is InChI=1S/C12H13NO3/c14-9-12(6-7-12)13(11(15)16)8-10-4-2-1-3-5-10/h1-5,9H,6-8H2,(H,15,16). The van der Waals surface area contributed by atoms with Gasteiger partial charge in [0, 0.05) is 0 Å². The van der Waals surface area contributed by atoms with E-state index >= 15 is 0 Å². The van der Waals surface area contributed by atoms with Crippen molar-refractivity contribution < 1.29 is 14.7 Å². The molecule has 0 aliphatic heterocycles. The van der Waals surface area contributed by atoms with Crippen molar-refractivity contribution in [2.24, 2.45) is 0 Å². The third kappa shape index (κ3) is 1.91. The summed E-state index contributed by atoms with van der Waals surface area (Å²) in [6.45, 7) is 0.273. The van der Waals surface area contributed by atoms with Crippen LogP contribution in [0.15, 0.2) is 30.3 Å². The summed E-state index contributed by atoms with van der Waals surface area (Å²) in [7, 11) is 0. The number of hydrogen-bond acceptors (Lipinski definition) is 2. The van der Waals surface area contributed by atoms with Crippen LogP contribution in [0.2, 0.25) is 0 Å². The normalized spacial score (nSPS) is 16.5. The molecule has 1 aliphatic rings. The maximum absolute atomic E-state index is 11.1. The minimum Gasteiger partial charge on any atom is -0.465 e. The van der Waals surface area contributed by atoms with Gasteiger partial charge in [-0.05, 0) is 18.4 Å². The van der Waals surface area contributed by atoms with Gasteiger partial charge in [-0.3, -0.25) is 4.90 Å². The summed E-state index contributed by atoms with van der Waals surface area (Å²) in [6.07, 6.45) is 0.989. The van der Waals surface area contributed by atoms with Crippen molar-refractivity contribution in [1.82, 2.24) is 4.90 Å². The molecule has 0 heterocycles. The molecular weight excluding hydrogens is 206 g/mol. The highest BCUT2D eigenvalue weighted by atomic mass is 16.4. The van der Waals surface area contributed by atoms with Crippen LogP contribution in [0.3, 0.4) is 0 Å². The van der Waals surface area contributed by atoms with E-state index in [0.29, 0.717) is 12.8 Å². The van der Waals surface area contributed by atoms with E-state index in [2.05, 4.69) is 0 Å². The van der Waals surface area contributed by atoms with Crippen molar-refractivity contribution in [3.05, 3.63) is 35.9 Å².